The summed E-state index contributed by atoms with van der Waals surface area (Å²) in [7, 11) is 0. The Kier molecular flexibility index (Phi) is 2.72. The van der Waals surface area contributed by atoms with Crippen LogP contribution in [-0.4, -0.2) is 24.8 Å². The Morgan fingerprint density at radius 3 is 2.94 bits per heavy atom. The first-order chi connectivity index (χ1) is 8.19. The molecule has 1 heterocycles. The lowest BCUT2D eigenvalue weighted by atomic mass is 9.77. The smallest absolute Gasteiger partial charge is 0.0726 e. The summed E-state index contributed by atoms with van der Waals surface area (Å²) in [5.41, 5.74) is 3.24. The monoisotopic (exact) mass is 231 g/mol. The van der Waals surface area contributed by atoms with Gasteiger partial charge < -0.3 is 10.1 Å². The lowest BCUT2D eigenvalue weighted by molar-refractivity contribution is 0.0879. The predicted octanol–water partition coefficient (Wildman–Crippen LogP) is 2.48. The van der Waals surface area contributed by atoms with Gasteiger partial charge in [0.15, 0.2) is 0 Å². The van der Waals surface area contributed by atoms with E-state index in [1.54, 1.807) is 0 Å². The van der Waals surface area contributed by atoms with Crippen molar-refractivity contribution < 1.29 is 4.74 Å². The summed E-state index contributed by atoms with van der Waals surface area (Å²) in [6.07, 6.45) is 2.69. The van der Waals surface area contributed by atoms with Crippen molar-refractivity contribution >= 4 is 0 Å². The molecule has 1 aliphatic carbocycles. The number of hydrogen-bond donors (Lipinski definition) is 1. The Bertz CT molecular complexity index is 417. The molecule has 92 valence electrons. The second-order valence-electron chi connectivity index (χ2n) is 5.66. The highest BCUT2D eigenvalue weighted by atomic mass is 16.5. The highest BCUT2D eigenvalue weighted by molar-refractivity contribution is 5.40. The summed E-state index contributed by atoms with van der Waals surface area (Å²) in [6, 6.07) is 8.79. The lowest BCUT2D eigenvalue weighted by Gasteiger charge is -2.35. The van der Waals surface area contributed by atoms with Crippen molar-refractivity contribution in [2.45, 2.75) is 44.2 Å². The van der Waals surface area contributed by atoms with Crippen LogP contribution in [-0.2, 0) is 11.2 Å². The second kappa shape index (κ2) is 4.11. The first kappa shape index (κ1) is 11.2. The van der Waals surface area contributed by atoms with E-state index in [9.17, 15) is 0 Å². The number of hydrogen-bond acceptors (Lipinski definition) is 2. The van der Waals surface area contributed by atoms with E-state index in [1.807, 2.05) is 0 Å². The average molecular weight is 231 g/mol. The van der Waals surface area contributed by atoms with Crippen LogP contribution in [0.25, 0.3) is 0 Å². The van der Waals surface area contributed by atoms with E-state index in [0.717, 1.165) is 19.6 Å². The van der Waals surface area contributed by atoms with Crippen molar-refractivity contribution in [2.24, 2.45) is 0 Å². The van der Waals surface area contributed by atoms with E-state index in [2.05, 4.69) is 43.4 Å². The topological polar surface area (TPSA) is 21.3 Å². The molecule has 0 spiro atoms. The highest BCUT2D eigenvalue weighted by Gasteiger charge is 2.37. The second-order valence-corrected chi connectivity index (χ2v) is 5.66. The van der Waals surface area contributed by atoms with Gasteiger partial charge in [-0.3, -0.25) is 0 Å². The standard InChI is InChI=1S/C15H21NO/c1-11-15(2,7-8-17-11)16-10-13-9-12-5-3-4-6-14(12)13/h3-6,11,13,16H,7-10H2,1-2H3. The van der Waals surface area contributed by atoms with Crippen LogP contribution in [0, 0.1) is 0 Å². The first-order valence-electron chi connectivity index (χ1n) is 6.63. The molecule has 1 aliphatic heterocycles. The van der Waals surface area contributed by atoms with E-state index in [1.165, 1.54) is 17.5 Å². The zero-order chi connectivity index (χ0) is 11.9. The van der Waals surface area contributed by atoms with Crippen LogP contribution in [0.3, 0.4) is 0 Å². The molecule has 1 saturated heterocycles. The van der Waals surface area contributed by atoms with Gasteiger partial charge in [-0.15, -0.1) is 0 Å². The number of fused-ring (bicyclic) bond motifs is 1. The zero-order valence-electron chi connectivity index (χ0n) is 10.7. The Morgan fingerprint density at radius 1 is 1.41 bits per heavy atom. The molecular formula is C15H21NO. The fourth-order valence-corrected chi connectivity index (χ4v) is 2.97. The molecule has 0 aromatic heterocycles. The number of ether oxygens (including phenoxy) is 1. The molecule has 0 bridgehead atoms. The summed E-state index contributed by atoms with van der Waals surface area (Å²) < 4.78 is 5.66. The van der Waals surface area contributed by atoms with Gasteiger partial charge in [-0.05, 0) is 37.8 Å². The van der Waals surface area contributed by atoms with Gasteiger partial charge in [0.05, 0.1) is 6.10 Å². The summed E-state index contributed by atoms with van der Waals surface area (Å²) in [5.74, 6) is 0.704. The minimum Gasteiger partial charge on any atom is -0.377 e. The third-order valence-corrected chi connectivity index (χ3v) is 4.60. The van der Waals surface area contributed by atoms with Crippen LogP contribution in [0.1, 0.15) is 37.3 Å². The lowest BCUT2D eigenvalue weighted by Crippen LogP contribution is -2.50. The fourth-order valence-electron chi connectivity index (χ4n) is 2.97. The van der Waals surface area contributed by atoms with Crippen molar-refractivity contribution in [3.63, 3.8) is 0 Å². The predicted molar refractivity (Wildman–Crippen MR) is 69.3 cm³/mol. The summed E-state index contributed by atoms with van der Waals surface area (Å²) in [6.45, 7) is 6.44. The van der Waals surface area contributed by atoms with Gasteiger partial charge in [-0.25, -0.2) is 0 Å². The normalized spacial score (nSPS) is 35.4. The van der Waals surface area contributed by atoms with Gasteiger partial charge in [0.2, 0.25) is 0 Å². The Labute approximate surface area is 103 Å². The van der Waals surface area contributed by atoms with E-state index in [-0.39, 0.29) is 5.54 Å². The average Bonchev–Trinajstić information content (AvgIpc) is 2.61. The molecule has 2 nitrogen and oxygen atoms in total. The first-order valence-corrected chi connectivity index (χ1v) is 6.63. The maximum absolute atomic E-state index is 5.66. The molecule has 1 aromatic rings. The van der Waals surface area contributed by atoms with Crippen LogP contribution in [0.5, 0.6) is 0 Å². The maximum atomic E-state index is 5.66. The van der Waals surface area contributed by atoms with Crippen LogP contribution in [0.15, 0.2) is 24.3 Å². The molecule has 1 aromatic carbocycles. The molecule has 3 rings (SSSR count). The third-order valence-electron chi connectivity index (χ3n) is 4.60. The minimum atomic E-state index is 0.171. The number of benzene rings is 1. The molecule has 0 amide bonds. The van der Waals surface area contributed by atoms with Crippen LogP contribution < -0.4 is 5.32 Å². The Balaban J connectivity index is 1.60. The van der Waals surface area contributed by atoms with Gasteiger partial charge in [-0.1, -0.05) is 24.3 Å². The quantitative estimate of drug-likeness (QED) is 0.863. The van der Waals surface area contributed by atoms with E-state index in [4.69, 9.17) is 4.74 Å². The number of nitrogens with one attached hydrogen (secondary N) is 1. The van der Waals surface area contributed by atoms with Crippen molar-refractivity contribution in [2.75, 3.05) is 13.2 Å². The van der Waals surface area contributed by atoms with Gasteiger partial charge >= 0.3 is 0 Å². The molecular weight excluding hydrogens is 210 g/mol. The van der Waals surface area contributed by atoms with Crippen molar-refractivity contribution in [3.05, 3.63) is 35.4 Å². The van der Waals surface area contributed by atoms with E-state index in [0.29, 0.717) is 12.0 Å². The SMILES string of the molecule is CC1OCCC1(C)NCC1Cc2ccccc21. The van der Waals surface area contributed by atoms with Crippen molar-refractivity contribution in [3.8, 4) is 0 Å². The zero-order valence-corrected chi connectivity index (χ0v) is 10.7. The summed E-state index contributed by atoms with van der Waals surface area (Å²) in [4.78, 5) is 0. The largest absolute Gasteiger partial charge is 0.377 e. The van der Waals surface area contributed by atoms with Gasteiger partial charge in [-0.2, -0.15) is 0 Å². The molecule has 1 N–H and O–H groups in total. The van der Waals surface area contributed by atoms with E-state index >= 15 is 0 Å². The van der Waals surface area contributed by atoms with Crippen LogP contribution in [0.2, 0.25) is 0 Å². The summed E-state index contributed by atoms with van der Waals surface area (Å²) in [5, 5.41) is 3.73. The Morgan fingerprint density at radius 2 is 2.24 bits per heavy atom. The molecule has 2 heteroatoms. The fraction of sp³-hybridized carbons (Fsp3) is 0.600. The van der Waals surface area contributed by atoms with Crippen molar-refractivity contribution in [1.29, 1.82) is 0 Å². The molecule has 1 fully saturated rings. The molecule has 3 atom stereocenters. The maximum Gasteiger partial charge on any atom is 0.0726 e. The Hall–Kier alpha value is -0.860. The molecule has 3 unspecified atom stereocenters. The third kappa shape index (κ3) is 1.90. The molecule has 0 radical (unpaired) electrons. The highest BCUT2D eigenvalue weighted by Crippen LogP contribution is 2.35. The van der Waals surface area contributed by atoms with Gasteiger partial charge in [0, 0.05) is 24.6 Å². The minimum absolute atomic E-state index is 0.171. The molecule has 2 aliphatic rings. The molecule has 0 saturated carbocycles. The van der Waals surface area contributed by atoms with E-state index < -0.39 is 0 Å². The number of rotatable bonds is 3. The van der Waals surface area contributed by atoms with Crippen molar-refractivity contribution in [1.82, 2.24) is 5.32 Å². The van der Waals surface area contributed by atoms with Gasteiger partial charge in [0.1, 0.15) is 0 Å². The van der Waals surface area contributed by atoms with Gasteiger partial charge in [0.25, 0.3) is 0 Å². The van der Waals surface area contributed by atoms with Crippen LogP contribution >= 0.6 is 0 Å². The molecule has 17 heavy (non-hydrogen) atoms. The van der Waals surface area contributed by atoms with Crippen LogP contribution in [0.4, 0.5) is 0 Å². The summed E-state index contributed by atoms with van der Waals surface area (Å²) >= 11 is 0.